The summed E-state index contributed by atoms with van der Waals surface area (Å²) in [5.74, 6) is 0.844. The lowest BCUT2D eigenvalue weighted by Gasteiger charge is -2.19. The molecule has 3 nitrogen and oxygen atoms in total. The third-order valence-electron chi connectivity index (χ3n) is 3.99. The highest BCUT2D eigenvalue weighted by Crippen LogP contribution is 2.26. The van der Waals surface area contributed by atoms with E-state index in [2.05, 4.69) is 23.5 Å². The fourth-order valence-electron chi connectivity index (χ4n) is 2.86. The quantitative estimate of drug-likeness (QED) is 0.727. The Balaban J connectivity index is 1.69. The van der Waals surface area contributed by atoms with E-state index in [0.29, 0.717) is 13.0 Å². The molecule has 122 valence electrons. The zero-order chi connectivity index (χ0) is 16.8. The summed E-state index contributed by atoms with van der Waals surface area (Å²) in [5.41, 5.74) is 1.09. The van der Waals surface area contributed by atoms with Gasteiger partial charge in [0, 0.05) is 18.7 Å². The van der Waals surface area contributed by atoms with Crippen LogP contribution in [0.15, 0.2) is 72.8 Å². The second-order valence-corrected chi connectivity index (χ2v) is 5.78. The van der Waals surface area contributed by atoms with Crippen molar-refractivity contribution >= 4 is 16.7 Å². The van der Waals surface area contributed by atoms with E-state index in [-0.39, 0.29) is 11.9 Å². The Morgan fingerprint density at radius 1 is 0.958 bits per heavy atom. The Hall–Kier alpha value is -2.81. The van der Waals surface area contributed by atoms with Gasteiger partial charge < -0.3 is 10.1 Å². The normalized spacial score (nSPS) is 11.9. The van der Waals surface area contributed by atoms with Gasteiger partial charge in [-0.3, -0.25) is 4.79 Å². The van der Waals surface area contributed by atoms with Crippen LogP contribution in [-0.2, 0) is 4.79 Å². The Morgan fingerprint density at radius 2 is 1.67 bits per heavy atom. The lowest BCUT2D eigenvalue weighted by atomic mass is 10.0. The minimum absolute atomic E-state index is 0.0333. The maximum Gasteiger partial charge on any atom is 0.217 e. The number of carbonyl (C=O) groups excluding carboxylic acids is 1. The average molecular weight is 319 g/mol. The van der Waals surface area contributed by atoms with Crippen molar-refractivity contribution in [3.05, 3.63) is 78.4 Å². The van der Waals surface area contributed by atoms with Crippen LogP contribution in [0.4, 0.5) is 0 Å². The van der Waals surface area contributed by atoms with Crippen LogP contribution in [-0.4, -0.2) is 12.5 Å². The smallest absolute Gasteiger partial charge is 0.217 e. The SMILES string of the molecule is CC(=O)N[C@@H](CCOc1cccc2ccccc12)c1ccccc1. The lowest BCUT2D eigenvalue weighted by Crippen LogP contribution is -2.27. The summed E-state index contributed by atoms with van der Waals surface area (Å²) in [5, 5.41) is 5.27. The van der Waals surface area contributed by atoms with E-state index in [4.69, 9.17) is 4.74 Å². The number of carbonyl (C=O) groups is 1. The van der Waals surface area contributed by atoms with Crippen LogP contribution in [0.25, 0.3) is 10.8 Å². The van der Waals surface area contributed by atoms with Crippen molar-refractivity contribution in [1.29, 1.82) is 0 Å². The Morgan fingerprint density at radius 3 is 2.46 bits per heavy atom. The Bertz CT molecular complexity index is 809. The van der Waals surface area contributed by atoms with Gasteiger partial charge >= 0.3 is 0 Å². The highest BCUT2D eigenvalue weighted by Gasteiger charge is 2.12. The molecule has 3 rings (SSSR count). The summed E-state index contributed by atoms with van der Waals surface area (Å²) in [6, 6.07) is 24.2. The molecule has 1 amide bonds. The molecule has 0 saturated heterocycles. The second-order valence-electron chi connectivity index (χ2n) is 5.78. The molecule has 0 aliphatic carbocycles. The molecule has 3 aromatic rings. The van der Waals surface area contributed by atoms with Gasteiger partial charge in [0.25, 0.3) is 0 Å². The van der Waals surface area contributed by atoms with Gasteiger partial charge in [-0.1, -0.05) is 66.7 Å². The molecule has 0 saturated carbocycles. The molecule has 0 fully saturated rings. The molecule has 1 N–H and O–H groups in total. The van der Waals surface area contributed by atoms with Crippen molar-refractivity contribution < 1.29 is 9.53 Å². The van der Waals surface area contributed by atoms with Gasteiger partial charge in [-0.25, -0.2) is 0 Å². The predicted octanol–water partition coefficient (Wildman–Crippen LogP) is 4.49. The molecule has 3 aromatic carbocycles. The molecular weight excluding hydrogens is 298 g/mol. The van der Waals surface area contributed by atoms with Crippen LogP contribution in [0, 0.1) is 0 Å². The van der Waals surface area contributed by atoms with Crippen molar-refractivity contribution in [3.63, 3.8) is 0 Å². The van der Waals surface area contributed by atoms with Gasteiger partial charge in [0.15, 0.2) is 0 Å². The molecule has 0 aliphatic heterocycles. The van der Waals surface area contributed by atoms with E-state index >= 15 is 0 Å². The van der Waals surface area contributed by atoms with Gasteiger partial charge in [-0.15, -0.1) is 0 Å². The maximum absolute atomic E-state index is 11.5. The number of ether oxygens (including phenoxy) is 1. The number of fused-ring (bicyclic) bond motifs is 1. The molecule has 0 unspecified atom stereocenters. The van der Waals surface area contributed by atoms with Gasteiger partial charge in [-0.2, -0.15) is 0 Å². The first kappa shape index (κ1) is 16.1. The van der Waals surface area contributed by atoms with E-state index in [1.807, 2.05) is 54.6 Å². The van der Waals surface area contributed by atoms with Gasteiger partial charge in [0.05, 0.1) is 12.6 Å². The number of rotatable bonds is 6. The van der Waals surface area contributed by atoms with Crippen LogP contribution in [0.2, 0.25) is 0 Å². The molecule has 0 aromatic heterocycles. The minimum Gasteiger partial charge on any atom is -0.493 e. The average Bonchev–Trinajstić information content (AvgIpc) is 2.61. The van der Waals surface area contributed by atoms with Crippen LogP contribution in [0.3, 0.4) is 0 Å². The number of nitrogens with one attached hydrogen (secondary N) is 1. The number of hydrogen-bond acceptors (Lipinski definition) is 2. The van der Waals surface area contributed by atoms with Crippen molar-refractivity contribution in [2.75, 3.05) is 6.61 Å². The maximum atomic E-state index is 11.5. The van der Waals surface area contributed by atoms with Gasteiger partial charge in [0.1, 0.15) is 5.75 Å². The molecule has 0 heterocycles. The summed E-state index contributed by atoms with van der Waals surface area (Å²) in [6.45, 7) is 2.08. The lowest BCUT2D eigenvalue weighted by molar-refractivity contribution is -0.119. The molecule has 24 heavy (non-hydrogen) atoms. The first-order valence-electron chi connectivity index (χ1n) is 8.16. The fourth-order valence-corrected chi connectivity index (χ4v) is 2.86. The summed E-state index contributed by atoms with van der Waals surface area (Å²) >= 11 is 0. The second kappa shape index (κ2) is 7.64. The summed E-state index contributed by atoms with van der Waals surface area (Å²) in [7, 11) is 0. The van der Waals surface area contributed by atoms with Crippen molar-refractivity contribution in [3.8, 4) is 5.75 Å². The molecule has 3 heteroatoms. The standard InChI is InChI=1S/C21H21NO2/c1-16(23)22-20(18-9-3-2-4-10-18)14-15-24-21-13-7-11-17-8-5-6-12-19(17)21/h2-13,20H,14-15H2,1H3,(H,22,23)/t20-/m0/s1. The molecule has 0 radical (unpaired) electrons. The summed E-state index contributed by atoms with van der Waals surface area (Å²) in [4.78, 5) is 11.5. The molecule has 0 spiro atoms. The highest BCUT2D eigenvalue weighted by molar-refractivity contribution is 5.88. The van der Waals surface area contributed by atoms with Crippen molar-refractivity contribution in [2.24, 2.45) is 0 Å². The van der Waals surface area contributed by atoms with E-state index in [1.54, 1.807) is 6.92 Å². The minimum atomic E-state index is -0.0429. The van der Waals surface area contributed by atoms with Crippen molar-refractivity contribution in [2.45, 2.75) is 19.4 Å². The first-order chi connectivity index (χ1) is 11.7. The van der Waals surface area contributed by atoms with Gasteiger partial charge in [-0.05, 0) is 17.0 Å². The van der Waals surface area contributed by atoms with Crippen LogP contribution < -0.4 is 10.1 Å². The van der Waals surface area contributed by atoms with Crippen molar-refractivity contribution in [1.82, 2.24) is 5.32 Å². The topological polar surface area (TPSA) is 38.3 Å². The van der Waals surface area contributed by atoms with Crippen LogP contribution in [0.1, 0.15) is 24.9 Å². The Labute approximate surface area is 142 Å². The Kier molecular flexibility index (Phi) is 5.12. The van der Waals surface area contributed by atoms with Crippen LogP contribution >= 0.6 is 0 Å². The number of amides is 1. The zero-order valence-electron chi connectivity index (χ0n) is 13.7. The van der Waals surface area contributed by atoms with E-state index in [1.165, 1.54) is 0 Å². The van der Waals surface area contributed by atoms with E-state index in [0.717, 1.165) is 22.1 Å². The summed E-state index contributed by atoms with van der Waals surface area (Å²) in [6.07, 6.45) is 0.715. The molecule has 1 atom stereocenters. The predicted molar refractivity (Wildman–Crippen MR) is 97.1 cm³/mol. The molecule has 0 bridgehead atoms. The molecule has 0 aliphatic rings. The van der Waals surface area contributed by atoms with E-state index < -0.39 is 0 Å². The van der Waals surface area contributed by atoms with E-state index in [9.17, 15) is 4.79 Å². The third kappa shape index (κ3) is 3.93. The zero-order valence-corrected chi connectivity index (χ0v) is 13.7. The monoisotopic (exact) mass is 319 g/mol. The van der Waals surface area contributed by atoms with Gasteiger partial charge in [0.2, 0.25) is 5.91 Å². The first-order valence-corrected chi connectivity index (χ1v) is 8.16. The van der Waals surface area contributed by atoms with Crippen LogP contribution in [0.5, 0.6) is 5.75 Å². The molecular formula is C21H21NO2. The highest BCUT2D eigenvalue weighted by atomic mass is 16.5. The number of hydrogen-bond donors (Lipinski definition) is 1. The summed E-state index contributed by atoms with van der Waals surface area (Å²) < 4.78 is 6.00. The largest absolute Gasteiger partial charge is 0.493 e. The third-order valence-corrected chi connectivity index (χ3v) is 3.99. The fraction of sp³-hybridized carbons (Fsp3) is 0.190. The number of benzene rings is 3.